The van der Waals surface area contributed by atoms with E-state index in [4.69, 9.17) is 0 Å². The summed E-state index contributed by atoms with van der Waals surface area (Å²) in [4.78, 5) is 14.2. The fraction of sp³-hybridized carbons (Fsp3) is 0.588. The SMILES string of the molecule is CCc1ccc(S(=O)(=O)NC(=O)N2CC3CC4CC3C2C4O)cc1. The number of urea groups is 1. The first-order chi connectivity index (χ1) is 11.4. The minimum Gasteiger partial charge on any atom is -0.391 e. The Bertz CT molecular complexity index is 759. The zero-order valence-electron chi connectivity index (χ0n) is 13.6. The van der Waals surface area contributed by atoms with Gasteiger partial charge in [-0.05, 0) is 54.7 Å². The molecule has 0 spiro atoms. The zero-order valence-corrected chi connectivity index (χ0v) is 14.4. The standard InChI is InChI=1S/C17H22N2O4S/c1-2-10-3-5-13(6-4-10)24(22,23)18-17(21)19-9-12-7-11-8-14(12)15(19)16(11)20/h3-6,11-12,14-16,20H,2,7-9H2,1H3,(H,18,21). The van der Waals surface area contributed by atoms with Gasteiger partial charge < -0.3 is 10.0 Å². The monoisotopic (exact) mass is 350 g/mol. The van der Waals surface area contributed by atoms with Gasteiger partial charge in [0.2, 0.25) is 0 Å². The highest BCUT2D eigenvalue weighted by atomic mass is 32.2. The first kappa shape index (κ1) is 15.9. The first-order valence-electron chi connectivity index (χ1n) is 8.51. The summed E-state index contributed by atoms with van der Waals surface area (Å²) < 4.78 is 27.1. The van der Waals surface area contributed by atoms with Gasteiger partial charge in [0.1, 0.15) is 0 Å². The van der Waals surface area contributed by atoms with Crippen molar-refractivity contribution in [3.63, 3.8) is 0 Å². The number of benzene rings is 1. The topological polar surface area (TPSA) is 86.7 Å². The third-order valence-corrected chi connectivity index (χ3v) is 7.31. The van der Waals surface area contributed by atoms with Crippen LogP contribution < -0.4 is 4.72 Å². The van der Waals surface area contributed by atoms with Crippen molar-refractivity contribution in [2.24, 2.45) is 17.8 Å². The van der Waals surface area contributed by atoms with E-state index in [1.54, 1.807) is 12.1 Å². The lowest BCUT2D eigenvalue weighted by atomic mass is 9.88. The molecule has 1 aromatic rings. The molecule has 1 heterocycles. The quantitative estimate of drug-likeness (QED) is 0.861. The van der Waals surface area contributed by atoms with Crippen molar-refractivity contribution >= 4 is 16.1 Å². The van der Waals surface area contributed by atoms with Gasteiger partial charge in [0.05, 0.1) is 17.0 Å². The second-order valence-corrected chi connectivity index (χ2v) is 8.88. The molecule has 5 atom stereocenters. The third-order valence-electron chi connectivity index (χ3n) is 5.97. The molecule has 3 fully saturated rings. The second-order valence-electron chi connectivity index (χ2n) is 7.20. The average molecular weight is 350 g/mol. The molecule has 0 aromatic heterocycles. The van der Waals surface area contributed by atoms with Crippen molar-refractivity contribution < 1.29 is 18.3 Å². The predicted molar refractivity (Wildman–Crippen MR) is 87.7 cm³/mol. The van der Waals surface area contributed by atoms with E-state index < -0.39 is 22.2 Å². The molecule has 1 aliphatic heterocycles. The molecule has 0 radical (unpaired) electrons. The van der Waals surface area contributed by atoms with Crippen molar-refractivity contribution in [1.29, 1.82) is 0 Å². The summed E-state index contributed by atoms with van der Waals surface area (Å²) >= 11 is 0. The van der Waals surface area contributed by atoms with Crippen LogP contribution in [0.5, 0.6) is 0 Å². The van der Waals surface area contributed by atoms with Gasteiger partial charge in [0, 0.05) is 6.54 Å². The van der Waals surface area contributed by atoms with Gasteiger partial charge in [0.25, 0.3) is 10.0 Å². The summed E-state index contributed by atoms with van der Waals surface area (Å²) in [5.41, 5.74) is 1.04. The van der Waals surface area contributed by atoms with Crippen molar-refractivity contribution in [2.45, 2.75) is 43.2 Å². The van der Waals surface area contributed by atoms with Crippen LogP contribution in [0.15, 0.2) is 29.2 Å². The first-order valence-corrected chi connectivity index (χ1v) is 9.99. The van der Waals surface area contributed by atoms with Gasteiger partial charge in [-0.15, -0.1) is 0 Å². The highest BCUT2D eigenvalue weighted by molar-refractivity contribution is 7.90. The molecular formula is C17H22N2O4S. The minimum absolute atomic E-state index is 0.0834. The molecule has 2 bridgehead atoms. The maximum atomic E-state index is 12.5. The summed E-state index contributed by atoms with van der Waals surface area (Å²) in [6, 6.07) is 5.69. The molecule has 2 aliphatic carbocycles. The number of fused-ring (bicyclic) bond motifs is 1. The largest absolute Gasteiger partial charge is 0.391 e. The van der Waals surface area contributed by atoms with E-state index in [1.807, 2.05) is 6.92 Å². The number of aliphatic hydroxyl groups is 1. The number of hydrogen-bond acceptors (Lipinski definition) is 4. The van der Waals surface area contributed by atoms with E-state index in [0.717, 1.165) is 24.8 Å². The van der Waals surface area contributed by atoms with Crippen LogP contribution in [-0.4, -0.2) is 43.1 Å². The Morgan fingerprint density at radius 2 is 1.96 bits per heavy atom. The van der Waals surface area contributed by atoms with E-state index in [2.05, 4.69) is 4.72 Å². The fourth-order valence-corrected chi connectivity index (χ4v) is 5.75. The van der Waals surface area contributed by atoms with Crippen LogP contribution in [0.4, 0.5) is 4.79 Å². The Labute approximate surface area is 141 Å². The van der Waals surface area contributed by atoms with Gasteiger partial charge in [-0.25, -0.2) is 17.9 Å². The zero-order chi connectivity index (χ0) is 17.1. The van der Waals surface area contributed by atoms with Crippen LogP contribution in [0.1, 0.15) is 25.3 Å². The maximum Gasteiger partial charge on any atom is 0.331 e. The highest BCUT2D eigenvalue weighted by Crippen LogP contribution is 2.54. The Hall–Kier alpha value is -1.60. The summed E-state index contributed by atoms with van der Waals surface area (Å²) in [6.45, 7) is 2.53. The lowest BCUT2D eigenvalue weighted by molar-refractivity contribution is 0.0618. The average Bonchev–Trinajstić information content (AvgIpc) is 3.16. The van der Waals surface area contributed by atoms with Crippen molar-refractivity contribution in [3.05, 3.63) is 29.8 Å². The van der Waals surface area contributed by atoms with Crippen molar-refractivity contribution in [3.8, 4) is 0 Å². The lowest BCUT2D eigenvalue weighted by Crippen LogP contribution is -2.49. The Morgan fingerprint density at radius 3 is 2.58 bits per heavy atom. The van der Waals surface area contributed by atoms with Crippen LogP contribution in [0.25, 0.3) is 0 Å². The van der Waals surface area contributed by atoms with Crippen LogP contribution in [0.2, 0.25) is 0 Å². The summed E-state index contributed by atoms with van der Waals surface area (Å²) in [5, 5.41) is 10.3. The van der Waals surface area contributed by atoms with E-state index in [1.165, 1.54) is 17.0 Å². The highest BCUT2D eigenvalue weighted by Gasteiger charge is 2.60. The number of carbonyl (C=O) groups is 1. The maximum absolute atomic E-state index is 12.5. The molecule has 24 heavy (non-hydrogen) atoms. The molecule has 1 saturated heterocycles. The molecule has 1 aromatic carbocycles. The van der Waals surface area contributed by atoms with Crippen LogP contribution >= 0.6 is 0 Å². The predicted octanol–water partition coefficient (Wildman–Crippen LogP) is 1.35. The van der Waals surface area contributed by atoms with Gasteiger partial charge in [0.15, 0.2) is 0 Å². The van der Waals surface area contributed by atoms with E-state index in [0.29, 0.717) is 18.4 Å². The molecule has 5 unspecified atom stereocenters. The van der Waals surface area contributed by atoms with Gasteiger partial charge in [-0.1, -0.05) is 19.1 Å². The Kier molecular flexibility index (Phi) is 3.61. The van der Waals surface area contributed by atoms with Crippen molar-refractivity contribution in [1.82, 2.24) is 9.62 Å². The number of likely N-dealkylation sites (tertiary alicyclic amines) is 1. The van der Waals surface area contributed by atoms with Crippen LogP contribution in [0, 0.1) is 17.8 Å². The Morgan fingerprint density at radius 1 is 1.25 bits per heavy atom. The molecular weight excluding hydrogens is 328 g/mol. The van der Waals surface area contributed by atoms with E-state index in [9.17, 15) is 18.3 Å². The van der Waals surface area contributed by atoms with Crippen molar-refractivity contribution in [2.75, 3.05) is 6.54 Å². The minimum atomic E-state index is -3.89. The number of aliphatic hydroxyl groups excluding tert-OH is 1. The van der Waals surface area contributed by atoms with Gasteiger partial charge in [-0.2, -0.15) is 0 Å². The number of sulfonamides is 1. The molecule has 4 rings (SSSR count). The normalized spacial score (nSPS) is 33.9. The molecule has 6 nitrogen and oxygen atoms in total. The summed E-state index contributed by atoms with van der Waals surface area (Å²) in [5.74, 6) is 0.990. The molecule has 3 aliphatic rings. The lowest BCUT2D eigenvalue weighted by Gasteiger charge is -2.28. The molecule has 2 N–H and O–H groups in total. The number of rotatable bonds is 3. The Balaban J connectivity index is 1.51. The number of nitrogens with zero attached hydrogens (tertiary/aromatic N) is 1. The van der Waals surface area contributed by atoms with E-state index >= 15 is 0 Å². The number of hydrogen-bond donors (Lipinski definition) is 2. The van der Waals surface area contributed by atoms with Gasteiger partial charge >= 0.3 is 6.03 Å². The van der Waals surface area contributed by atoms with E-state index in [-0.39, 0.29) is 16.9 Å². The molecule has 130 valence electrons. The number of carbonyl (C=O) groups excluding carboxylic acids is 1. The number of nitrogens with one attached hydrogen (secondary N) is 1. The molecule has 7 heteroatoms. The number of aryl methyl sites for hydroxylation is 1. The summed E-state index contributed by atoms with van der Waals surface area (Å²) in [6.07, 6.45) is 2.19. The smallest absolute Gasteiger partial charge is 0.331 e. The van der Waals surface area contributed by atoms with Gasteiger partial charge in [-0.3, -0.25) is 0 Å². The number of amides is 2. The fourth-order valence-electron chi connectivity index (χ4n) is 4.79. The molecule has 2 amide bonds. The van der Waals surface area contributed by atoms with Crippen LogP contribution in [-0.2, 0) is 16.4 Å². The third kappa shape index (κ3) is 2.33. The second kappa shape index (κ2) is 5.46. The summed E-state index contributed by atoms with van der Waals surface area (Å²) in [7, 11) is -3.89. The van der Waals surface area contributed by atoms with Crippen LogP contribution in [0.3, 0.4) is 0 Å². The molecule has 2 saturated carbocycles.